The summed E-state index contributed by atoms with van der Waals surface area (Å²) in [6, 6.07) is 8.15. The minimum absolute atomic E-state index is 0. The lowest BCUT2D eigenvalue weighted by molar-refractivity contribution is 0.0713. The van der Waals surface area contributed by atoms with Crippen molar-refractivity contribution in [2.24, 2.45) is 5.73 Å². The Hall–Kier alpha value is -1.37. The molecule has 24 heavy (non-hydrogen) atoms. The Morgan fingerprint density at radius 3 is 2.50 bits per heavy atom. The van der Waals surface area contributed by atoms with Gasteiger partial charge in [0.15, 0.2) is 0 Å². The van der Waals surface area contributed by atoms with Crippen LogP contribution in [0.1, 0.15) is 35.8 Å². The maximum absolute atomic E-state index is 12.8. The molecule has 1 fully saturated rings. The maximum Gasteiger partial charge on any atom is 0.257 e. The molecule has 2 N–H and O–H groups in total. The van der Waals surface area contributed by atoms with Crippen LogP contribution in [0.3, 0.4) is 0 Å². The van der Waals surface area contributed by atoms with E-state index in [1.807, 2.05) is 33.8 Å². The Morgan fingerprint density at radius 2 is 1.92 bits per heavy atom. The molecule has 0 atom stereocenters. The number of likely N-dealkylation sites (tertiary alicyclic amines) is 1. The summed E-state index contributed by atoms with van der Waals surface area (Å²) >= 11 is 3.44. The van der Waals surface area contributed by atoms with Crippen LogP contribution in [0.2, 0.25) is 0 Å². The topological polar surface area (TPSA) is 64.2 Å². The summed E-state index contributed by atoms with van der Waals surface area (Å²) in [6.45, 7) is 3.51. The van der Waals surface area contributed by atoms with E-state index in [0.29, 0.717) is 5.56 Å². The highest BCUT2D eigenvalue weighted by atomic mass is 79.9. The van der Waals surface area contributed by atoms with Crippen molar-refractivity contribution in [2.45, 2.75) is 32.2 Å². The zero-order valence-corrected chi connectivity index (χ0v) is 16.0. The number of benzene rings is 1. The molecule has 0 unspecified atom stereocenters. The van der Waals surface area contributed by atoms with Crippen LogP contribution in [0.15, 0.2) is 34.9 Å². The van der Waals surface area contributed by atoms with E-state index in [1.165, 1.54) is 0 Å². The fourth-order valence-corrected chi connectivity index (χ4v) is 3.23. The molecule has 1 aromatic carbocycles. The third-order valence-corrected chi connectivity index (χ3v) is 4.86. The van der Waals surface area contributed by atoms with Gasteiger partial charge in [0.05, 0.1) is 23.1 Å². The van der Waals surface area contributed by atoms with Crippen LogP contribution in [0, 0.1) is 0 Å². The van der Waals surface area contributed by atoms with E-state index in [0.717, 1.165) is 48.2 Å². The average Bonchev–Trinajstić information content (AvgIpc) is 2.99. The molecule has 0 bridgehead atoms. The number of piperidine rings is 1. The van der Waals surface area contributed by atoms with Crippen LogP contribution in [0.25, 0.3) is 5.69 Å². The highest BCUT2D eigenvalue weighted by Gasteiger charge is 2.25. The van der Waals surface area contributed by atoms with Crippen molar-refractivity contribution in [3.8, 4) is 5.69 Å². The van der Waals surface area contributed by atoms with Gasteiger partial charge >= 0.3 is 0 Å². The van der Waals surface area contributed by atoms with Crippen molar-refractivity contribution >= 4 is 34.2 Å². The zero-order chi connectivity index (χ0) is 16.4. The van der Waals surface area contributed by atoms with Gasteiger partial charge in [-0.25, -0.2) is 4.68 Å². The summed E-state index contributed by atoms with van der Waals surface area (Å²) in [5, 5.41) is 4.45. The number of aromatic nitrogens is 2. The number of rotatable bonds is 3. The van der Waals surface area contributed by atoms with Crippen molar-refractivity contribution in [1.82, 2.24) is 14.7 Å². The standard InChI is InChI=1S/C17H21BrN4O.ClH/c1-2-16-15(17(23)21-9-7-13(19)8-10-21)11-20-22(16)14-5-3-12(18)4-6-14;/h3-6,11,13H,2,7-10,19H2,1H3;1H. The van der Waals surface area contributed by atoms with Gasteiger partial charge in [-0.3, -0.25) is 4.79 Å². The molecule has 1 aliphatic heterocycles. The second kappa shape index (κ2) is 8.14. The van der Waals surface area contributed by atoms with Crippen LogP contribution in [-0.4, -0.2) is 39.7 Å². The van der Waals surface area contributed by atoms with Crippen LogP contribution >= 0.6 is 28.3 Å². The Balaban J connectivity index is 0.00000208. The van der Waals surface area contributed by atoms with Gasteiger partial charge in [0.2, 0.25) is 0 Å². The highest BCUT2D eigenvalue weighted by Crippen LogP contribution is 2.21. The molecular weight excluding hydrogens is 392 g/mol. The molecule has 0 spiro atoms. The smallest absolute Gasteiger partial charge is 0.257 e. The monoisotopic (exact) mass is 412 g/mol. The minimum atomic E-state index is 0. The molecule has 2 aromatic rings. The molecule has 2 heterocycles. The summed E-state index contributed by atoms with van der Waals surface area (Å²) < 4.78 is 2.88. The minimum Gasteiger partial charge on any atom is -0.338 e. The van der Waals surface area contributed by atoms with Gasteiger partial charge in [0.1, 0.15) is 0 Å². The maximum atomic E-state index is 12.8. The van der Waals surface area contributed by atoms with Crippen LogP contribution in [-0.2, 0) is 6.42 Å². The fourth-order valence-electron chi connectivity index (χ4n) is 2.97. The van der Waals surface area contributed by atoms with Gasteiger partial charge in [-0.05, 0) is 43.5 Å². The van der Waals surface area contributed by atoms with E-state index < -0.39 is 0 Å². The van der Waals surface area contributed by atoms with E-state index in [4.69, 9.17) is 5.73 Å². The number of carbonyl (C=O) groups excluding carboxylic acids is 1. The summed E-state index contributed by atoms with van der Waals surface area (Å²) in [4.78, 5) is 14.7. The number of hydrogen-bond acceptors (Lipinski definition) is 3. The predicted molar refractivity (Wildman–Crippen MR) is 101 cm³/mol. The number of carbonyl (C=O) groups is 1. The lowest BCUT2D eigenvalue weighted by Gasteiger charge is -2.30. The molecule has 1 saturated heterocycles. The molecule has 1 aromatic heterocycles. The number of nitrogens with zero attached hydrogens (tertiary/aromatic N) is 3. The number of hydrogen-bond donors (Lipinski definition) is 1. The first-order valence-electron chi connectivity index (χ1n) is 7.98. The van der Waals surface area contributed by atoms with Gasteiger partial charge in [0.25, 0.3) is 5.91 Å². The molecule has 0 radical (unpaired) electrons. The molecule has 3 rings (SSSR count). The molecule has 1 aliphatic rings. The van der Waals surface area contributed by atoms with Gasteiger partial charge < -0.3 is 10.6 Å². The van der Waals surface area contributed by atoms with E-state index in [9.17, 15) is 4.79 Å². The van der Waals surface area contributed by atoms with Gasteiger partial charge in [0, 0.05) is 23.6 Å². The van der Waals surface area contributed by atoms with Crippen LogP contribution in [0.5, 0.6) is 0 Å². The molecule has 7 heteroatoms. The third kappa shape index (κ3) is 3.82. The van der Waals surface area contributed by atoms with Crippen molar-refractivity contribution in [1.29, 1.82) is 0 Å². The number of amides is 1. The van der Waals surface area contributed by atoms with E-state index in [1.54, 1.807) is 6.20 Å². The van der Waals surface area contributed by atoms with Gasteiger partial charge in [-0.1, -0.05) is 22.9 Å². The molecule has 130 valence electrons. The predicted octanol–water partition coefficient (Wildman–Crippen LogP) is 3.18. The molecular formula is C17H22BrClN4O. The Bertz CT molecular complexity index is 693. The summed E-state index contributed by atoms with van der Waals surface area (Å²) in [6.07, 6.45) is 4.18. The lowest BCUT2D eigenvalue weighted by atomic mass is 10.0. The molecule has 5 nitrogen and oxygen atoms in total. The Morgan fingerprint density at radius 1 is 1.29 bits per heavy atom. The Labute approximate surface area is 156 Å². The van der Waals surface area contributed by atoms with Crippen LogP contribution in [0.4, 0.5) is 0 Å². The first-order chi connectivity index (χ1) is 11.1. The number of nitrogens with two attached hydrogens (primary N) is 1. The quantitative estimate of drug-likeness (QED) is 0.840. The zero-order valence-electron chi connectivity index (χ0n) is 13.6. The van der Waals surface area contributed by atoms with E-state index in [2.05, 4.69) is 28.0 Å². The third-order valence-electron chi connectivity index (χ3n) is 4.33. The average molecular weight is 414 g/mol. The summed E-state index contributed by atoms with van der Waals surface area (Å²) in [5.74, 6) is 0.0668. The van der Waals surface area contributed by atoms with Gasteiger partial charge in [-0.2, -0.15) is 5.10 Å². The first-order valence-corrected chi connectivity index (χ1v) is 8.77. The van der Waals surface area contributed by atoms with Crippen LogP contribution < -0.4 is 5.73 Å². The number of halogens is 2. The normalized spacial score (nSPS) is 15.2. The van der Waals surface area contributed by atoms with E-state index >= 15 is 0 Å². The van der Waals surface area contributed by atoms with Crippen molar-refractivity contribution < 1.29 is 4.79 Å². The first kappa shape index (κ1) is 19.0. The Kier molecular flexibility index (Phi) is 6.43. The lowest BCUT2D eigenvalue weighted by Crippen LogP contribution is -2.43. The van der Waals surface area contributed by atoms with E-state index in [-0.39, 0.29) is 24.4 Å². The largest absolute Gasteiger partial charge is 0.338 e. The summed E-state index contributed by atoms with van der Waals surface area (Å²) in [5.41, 5.74) is 8.54. The highest BCUT2D eigenvalue weighted by molar-refractivity contribution is 9.10. The van der Waals surface area contributed by atoms with Crippen molar-refractivity contribution in [2.75, 3.05) is 13.1 Å². The summed E-state index contributed by atoms with van der Waals surface area (Å²) in [7, 11) is 0. The second-order valence-corrected chi connectivity index (χ2v) is 6.79. The van der Waals surface area contributed by atoms with Crippen molar-refractivity contribution in [3.05, 3.63) is 46.2 Å². The fraction of sp³-hybridized carbons (Fsp3) is 0.412. The molecule has 0 saturated carbocycles. The molecule has 0 aliphatic carbocycles. The van der Waals surface area contributed by atoms with Gasteiger partial charge in [-0.15, -0.1) is 12.4 Å². The van der Waals surface area contributed by atoms with Crippen molar-refractivity contribution in [3.63, 3.8) is 0 Å². The molecule has 1 amide bonds. The second-order valence-electron chi connectivity index (χ2n) is 5.88. The SMILES string of the molecule is CCc1c(C(=O)N2CCC(N)CC2)cnn1-c1ccc(Br)cc1.Cl.